The number of nitrogens with zero attached hydrogens (tertiary/aromatic N) is 1. The first-order chi connectivity index (χ1) is 12.7. The third-order valence-electron chi connectivity index (χ3n) is 3.98. The molecule has 1 amide bonds. The van der Waals surface area contributed by atoms with Crippen LogP contribution in [0, 0.1) is 0 Å². The number of hydrogen-bond donors (Lipinski definition) is 2. The van der Waals surface area contributed by atoms with Crippen LogP contribution in [0.2, 0.25) is 5.02 Å². The third-order valence-corrected chi connectivity index (χ3v) is 4.23. The number of rotatable bonds is 7. The van der Waals surface area contributed by atoms with E-state index in [1.54, 1.807) is 12.4 Å². The lowest BCUT2D eigenvalue weighted by Gasteiger charge is -2.03. The minimum atomic E-state index is -0.0968. The van der Waals surface area contributed by atoms with E-state index in [1.165, 1.54) is 5.56 Å². The van der Waals surface area contributed by atoms with Crippen molar-refractivity contribution >= 4 is 23.6 Å². The van der Waals surface area contributed by atoms with Crippen molar-refractivity contribution in [2.75, 3.05) is 6.54 Å². The molecule has 0 fully saturated rings. The van der Waals surface area contributed by atoms with Gasteiger partial charge in [-0.2, -0.15) is 0 Å². The van der Waals surface area contributed by atoms with Gasteiger partial charge in [0, 0.05) is 36.0 Å². The fraction of sp³-hybridized carbons (Fsp3) is 0.143. The maximum atomic E-state index is 11.9. The van der Waals surface area contributed by atoms with E-state index in [-0.39, 0.29) is 5.91 Å². The number of benzene rings is 2. The van der Waals surface area contributed by atoms with Crippen LogP contribution in [0.15, 0.2) is 67.1 Å². The van der Waals surface area contributed by atoms with Gasteiger partial charge in [-0.15, -0.1) is 0 Å². The molecular formula is C21H20ClN3O. The highest BCUT2D eigenvalue weighted by atomic mass is 35.5. The van der Waals surface area contributed by atoms with Crippen molar-refractivity contribution in [2.24, 2.45) is 0 Å². The summed E-state index contributed by atoms with van der Waals surface area (Å²) in [6.07, 6.45) is 8.47. The van der Waals surface area contributed by atoms with Crippen molar-refractivity contribution in [2.45, 2.75) is 12.8 Å². The number of nitrogens with one attached hydrogen (secondary N) is 2. The summed E-state index contributed by atoms with van der Waals surface area (Å²) in [7, 11) is 0. The first kappa shape index (κ1) is 18.0. The zero-order valence-electron chi connectivity index (χ0n) is 14.3. The smallest absolute Gasteiger partial charge is 0.244 e. The summed E-state index contributed by atoms with van der Waals surface area (Å²) in [4.78, 5) is 19.0. The molecule has 1 heterocycles. The number of imidazole rings is 1. The van der Waals surface area contributed by atoms with Crippen molar-refractivity contribution in [1.29, 1.82) is 0 Å². The second kappa shape index (κ2) is 9.02. The Labute approximate surface area is 157 Å². The fourth-order valence-corrected chi connectivity index (χ4v) is 2.69. The first-order valence-corrected chi connectivity index (χ1v) is 8.83. The summed E-state index contributed by atoms with van der Waals surface area (Å²) in [6.45, 7) is 0.591. The highest BCUT2D eigenvalue weighted by molar-refractivity contribution is 6.30. The molecule has 0 bridgehead atoms. The Hall–Kier alpha value is -2.85. The zero-order chi connectivity index (χ0) is 18.2. The second-order valence-corrected chi connectivity index (χ2v) is 6.43. The average Bonchev–Trinajstić information content (AvgIpc) is 3.16. The van der Waals surface area contributed by atoms with Gasteiger partial charge in [-0.25, -0.2) is 4.98 Å². The molecule has 0 aliphatic heterocycles. The predicted octanol–water partition coefficient (Wildman–Crippen LogP) is 4.03. The number of halogens is 1. The van der Waals surface area contributed by atoms with E-state index in [4.69, 9.17) is 11.6 Å². The van der Waals surface area contributed by atoms with Gasteiger partial charge in [0.1, 0.15) is 0 Å². The van der Waals surface area contributed by atoms with E-state index in [2.05, 4.69) is 27.4 Å². The molecule has 2 N–H and O–H groups in total. The summed E-state index contributed by atoms with van der Waals surface area (Å²) in [5.74, 6) is -0.0968. The molecule has 3 aromatic rings. The van der Waals surface area contributed by atoms with Crippen LogP contribution >= 0.6 is 11.6 Å². The Morgan fingerprint density at radius 3 is 2.50 bits per heavy atom. The van der Waals surface area contributed by atoms with Gasteiger partial charge in [0.05, 0.1) is 6.33 Å². The standard InChI is InChI=1S/C21H20ClN3O/c22-19-8-5-17(6-9-19)11-12-24-21(26)10-7-16-1-3-18(4-2-16)13-20-14-23-15-25-20/h1-10,14-15H,11-13H2,(H,23,25)(H,24,26). The van der Waals surface area contributed by atoms with E-state index < -0.39 is 0 Å². The molecule has 2 aromatic carbocycles. The van der Waals surface area contributed by atoms with Gasteiger partial charge in [0.2, 0.25) is 5.91 Å². The highest BCUT2D eigenvalue weighted by Gasteiger charge is 1.99. The normalized spacial score (nSPS) is 11.0. The molecule has 0 radical (unpaired) electrons. The van der Waals surface area contributed by atoms with Crippen molar-refractivity contribution in [3.8, 4) is 0 Å². The number of hydrogen-bond acceptors (Lipinski definition) is 2. The van der Waals surface area contributed by atoms with Gasteiger partial charge in [0.15, 0.2) is 0 Å². The number of aromatic nitrogens is 2. The Bertz CT molecular complexity index is 853. The molecule has 0 aliphatic rings. The third kappa shape index (κ3) is 5.60. The maximum Gasteiger partial charge on any atom is 0.244 e. The molecule has 3 rings (SSSR count). The molecule has 132 valence electrons. The maximum absolute atomic E-state index is 11.9. The van der Waals surface area contributed by atoms with Gasteiger partial charge in [-0.3, -0.25) is 4.79 Å². The van der Waals surface area contributed by atoms with E-state index in [9.17, 15) is 4.79 Å². The van der Waals surface area contributed by atoms with Gasteiger partial charge in [-0.1, -0.05) is 48.0 Å². The summed E-state index contributed by atoms with van der Waals surface area (Å²) in [5, 5.41) is 3.61. The lowest BCUT2D eigenvalue weighted by molar-refractivity contribution is -0.116. The number of carbonyl (C=O) groups is 1. The van der Waals surface area contributed by atoms with Crippen LogP contribution in [-0.4, -0.2) is 22.4 Å². The quantitative estimate of drug-likeness (QED) is 0.621. The van der Waals surface area contributed by atoms with Crippen LogP contribution in [0.5, 0.6) is 0 Å². The summed E-state index contributed by atoms with van der Waals surface area (Å²) < 4.78 is 0. The summed E-state index contributed by atoms with van der Waals surface area (Å²) in [5.41, 5.74) is 4.41. The molecule has 4 nitrogen and oxygen atoms in total. The van der Waals surface area contributed by atoms with Gasteiger partial charge < -0.3 is 10.3 Å². The molecule has 0 atom stereocenters. The van der Waals surface area contributed by atoms with Crippen LogP contribution in [0.25, 0.3) is 6.08 Å². The van der Waals surface area contributed by atoms with E-state index in [1.807, 2.05) is 48.7 Å². The van der Waals surface area contributed by atoms with Crippen molar-refractivity contribution in [3.63, 3.8) is 0 Å². The van der Waals surface area contributed by atoms with Crippen molar-refractivity contribution in [1.82, 2.24) is 15.3 Å². The van der Waals surface area contributed by atoms with Crippen LogP contribution in [0.3, 0.4) is 0 Å². The van der Waals surface area contributed by atoms with Gasteiger partial charge >= 0.3 is 0 Å². The predicted molar refractivity (Wildman–Crippen MR) is 105 cm³/mol. The van der Waals surface area contributed by atoms with E-state index in [0.717, 1.165) is 34.7 Å². The molecule has 0 saturated heterocycles. The lowest BCUT2D eigenvalue weighted by atomic mass is 10.1. The zero-order valence-corrected chi connectivity index (χ0v) is 15.0. The Kier molecular flexibility index (Phi) is 6.23. The highest BCUT2D eigenvalue weighted by Crippen LogP contribution is 2.11. The first-order valence-electron chi connectivity index (χ1n) is 8.45. The molecule has 0 spiro atoms. The molecule has 26 heavy (non-hydrogen) atoms. The van der Waals surface area contributed by atoms with Crippen LogP contribution < -0.4 is 5.32 Å². The SMILES string of the molecule is O=C(C=Cc1ccc(Cc2cnc[nH]2)cc1)NCCc1ccc(Cl)cc1. The Balaban J connectivity index is 1.44. The minimum Gasteiger partial charge on any atom is -0.352 e. The summed E-state index contributed by atoms with van der Waals surface area (Å²) in [6, 6.07) is 15.8. The molecule has 0 saturated carbocycles. The molecule has 0 unspecified atom stereocenters. The molecule has 5 heteroatoms. The van der Waals surface area contributed by atoms with Gasteiger partial charge in [0.25, 0.3) is 0 Å². The summed E-state index contributed by atoms with van der Waals surface area (Å²) >= 11 is 5.86. The Morgan fingerprint density at radius 2 is 1.81 bits per heavy atom. The molecule has 1 aromatic heterocycles. The lowest BCUT2D eigenvalue weighted by Crippen LogP contribution is -2.23. The number of amides is 1. The monoisotopic (exact) mass is 365 g/mol. The Morgan fingerprint density at radius 1 is 1.08 bits per heavy atom. The topological polar surface area (TPSA) is 57.8 Å². The molecule has 0 aliphatic carbocycles. The van der Waals surface area contributed by atoms with Crippen LogP contribution in [0.1, 0.15) is 22.4 Å². The molecular weight excluding hydrogens is 346 g/mol. The van der Waals surface area contributed by atoms with Gasteiger partial charge in [-0.05, 0) is 41.3 Å². The number of carbonyl (C=O) groups excluding carboxylic acids is 1. The minimum absolute atomic E-state index is 0.0968. The van der Waals surface area contributed by atoms with Crippen LogP contribution in [-0.2, 0) is 17.6 Å². The number of aromatic amines is 1. The fourth-order valence-electron chi connectivity index (χ4n) is 2.56. The largest absolute Gasteiger partial charge is 0.352 e. The number of H-pyrrole nitrogens is 1. The van der Waals surface area contributed by atoms with Crippen molar-refractivity contribution in [3.05, 3.63) is 94.5 Å². The second-order valence-electron chi connectivity index (χ2n) is 6.00. The average molecular weight is 366 g/mol. The van der Waals surface area contributed by atoms with E-state index >= 15 is 0 Å². The van der Waals surface area contributed by atoms with Crippen molar-refractivity contribution < 1.29 is 4.79 Å². The van der Waals surface area contributed by atoms with Crippen LogP contribution in [0.4, 0.5) is 0 Å². The van der Waals surface area contributed by atoms with E-state index in [0.29, 0.717) is 6.54 Å².